The maximum absolute atomic E-state index is 12.0. The molecule has 1 unspecified atom stereocenters. The number of rotatable bonds is 5. The van der Waals surface area contributed by atoms with E-state index in [0.29, 0.717) is 24.7 Å². The summed E-state index contributed by atoms with van der Waals surface area (Å²) in [4.78, 5) is 12.0. The fourth-order valence-corrected chi connectivity index (χ4v) is 3.76. The van der Waals surface area contributed by atoms with E-state index in [9.17, 15) is 4.79 Å². The molecule has 0 bridgehead atoms. The van der Waals surface area contributed by atoms with Crippen LogP contribution in [0.25, 0.3) is 0 Å². The van der Waals surface area contributed by atoms with Crippen LogP contribution in [-0.2, 0) is 17.6 Å². The number of benzene rings is 1. The molecule has 0 radical (unpaired) electrons. The molecule has 1 atom stereocenters. The largest absolute Gasteiger partial charge is 0.493 e. The minimum atomic E-state index is 0.377. The van der Waals surface area contributed by atoms with Gasteiger partial charge in [0, 0.05) is 43.4 Å². The molecular formula is C16H21NO2S. The van der Waals surface area contributed by atoms with E-state index in [4.69, 9.17) is 4.74 Å². The minimum absolute atomic E-state index is 0.377. The van der Waals surface area contributed by atoms with Crippen LogP contribution in [0.1, 0.15) is 24.0 Å². The normalized spacial score (nSPS) is 21.3. The van der Waals surface area contributed by atoms with Gasteiger partial charge < -0.3 is 10.1 Å². The number of aryl methyl sites for hydroxylation is 1. The molecule has 3 nitrogen and oxygen atoms in total. The number of carbonyl (C=O) groups excluding carboxylic acids is 1. The Labute approximate surface area is 124 Å². The molecule has 3 rings (SSSR count). The van der Waals surface area contributed by atoms with Gasteiger partial charge in [-0.15, -0.1) is 0 Å². The highest BCUT2D eigenvalue weighted by Gasteiger charge is 2.17. The average molecular weight is 291 g/mol. The van der Waals surface area contributed by atoms with E-state index in [1.165, 1.54) is 16.9 Å². The molecule has 1 N–H and O–H groups in total. The van der Waals surface area contributed by atoms with E-state index in [-0.39, 0.29) is 0 Å². The number of ketones is 1. The third-order valence-electron chi connectivity index (χ3n) is 3.92. The molecule has 108 valence electrons. The molecule has 0 amide bonds. The van der Waals surface area contributed by atoms with Crippen molar-refractivity contribution >= 4 is 17.5 Å². The number of carbonyl (C=O) groups is 1. The van der Waals surface area contributed by atoms with Crippen molar-refractivity contribution in [2.75, 3.05) is 24.7 Å². The van der Waals surface area contributed by atoms with E-state index in [1.54, 1.807) is 0 Å². The highest BCUT2D eigenvalue weighted by atomic mass is 32.2. The number of ether oxygens (including phenoxy) is 1. The quantitative estimate of drug-likeness (QED) is 0.903. The van der Waals surface area contributed by atoms with Crippen molar-refractivity contribution in [2.45, 2.75) is 31.7 Å². The lowest BCUT2D eigenvalue weighted by Crippen LogP contribution is -2.38. The first-order valence-corrected chi connectivity index (χ1v) is 8.54. The highest BCUT2D eigenvalue weighted by molar-refractivity contribution is 7.99. The summed E-state index contributed by atoms with van der Waals surface area (Å²) in [6.07, 6.45) is 3.19. The Kier molecular flexibility index (Phi) is 4.63. The Balaban J connectivity index is 1.47. The van der Waals surface area contributed by atoms with Gasteiger partial charge in [-0.3, -0.25) is 4.79 Å². The lowest BCUT2D eigenvalue weighted by atomic mass is 10.0. The van der Waals surface area contributed by atoms with Crippen LogP contribution >= 0.6 is 11.8 Å². The number of hydrogen-bond donors (Lipinski definition) is 1. The summed E-state index contributed by atoms with van der Waals surface area (Å²) in [6.45, 7) is 1.83. The van der Waals surface area contributed by atoms with E-state index >= 15 is 0 Å². The molecule has 0 spiro atoms. The third-order valence-corrected chi connectivity index (χ3v) is 5.05. The van der Waals surface area contributed by atoms with E-state index < -0.39 is 0 Å². The summed E-state index contributed by atoms with van der Waals surface area (Å²) in [5.74, 6) is 3.63. The molecule has 2 aliphatic rings. The molecule has 20 heavy (non-hydrogen) atoms. The summed E-state index contributed by atoms with van der Waals surface area (Å²) >= 11 is 1.94. The number of thioether (sulfide) groups is 1. The third kappa shape index (κ3) is 3.55. The van der Waals surface area contributed by atoms with Gasteiger partial charge in [0.15, 0.2) is 0 Å². The lowest BCUT2D eigenvalue weighted by Gasteiger charge is -2.22. The van der Waals surface area contributed by atoms with Gasteiger partial charge in [-0.05, 0) is 23.6 Å². The van der Waals surface area contributed by atoms with Gasteiger partial charge in [-0.2, -0.15) is 11.8 Å². The molecule has 2 heterocycles. The maximum atomic E-state index is 12.0. The van der Waals surface area contributed by atoms with Crippen LogP contribution in [0, 0.1) is 0 Å². The van der Waals surface area contributed by atoms with Gasteiger partial charge in [0.1, 0.15) is 11.5 Å². The fourth-order valence-electron chi connectivity index (χ4n) is 2.81. The molecule has 0 aliphatic carbocycles. The van der Waals surface area contributed by atoms with Crippen LogP contribution in [0.2, 0.25) is 0 Å². The number of hydrogen-bond acceptors (Lipinski definition) is 4. The molecule has 0 aromatic heterocycles. The van der Waals surface area contributed by atoms with E-state index in [0.717, 1.165) is 37.5 Å². The molecule has 1 aromatic carbocycles. The van der Waals surface area contributed by atoms with E-state index in [2.05, 4.69) is 17.4 Å². The zero-order valence-electron chi connectivity index (χ0n) is 11.7. The molecule has 0 saturated carbocycles. The Bertz CT molecular complexity index is 483. The van der Waals surface area contributed by atoms with Crippen molar-refractivity contribution in [3.8, 4) is 5.75 Å². The standard InChI is InChI=1S/C16H21NO2S/c18-15(10-14-11-20-8-6-17-14)3-1-12-2-4-16-13(9-12)5-7-19-16/h2,4,9,14,17H,1,3,5-8,10-11H2. The van der Waals surface area contributed by atoms with Crippen molar-refractivity contribution in [1.82, 2.24) is 5.32 Å². The van der Waals surface area contributed by atoms with Gasteiger partial charge in [0.2, 0.25) is 0 Å². The summed E-state index contributed by atoms with van der Waals surface area (Å²) in [5.41, 5.74) is 2.55. The second kappa shape index (κ2) is 6.64. The molecule has 1 aromatic rings. The summed E-state index contributed by atoms with van der Waals surface area (Å²) < 4.78 is 5.50. The summed E-state index contributed by atoms with van der Waals surface area (Å²) in [6, 6.07) is 6.72. The Morgan fingerprint density at radius 2 is 2.40 bits per heavy atom. The van der Waals surface area contributed by atoms with Crippen molar-refractivity contribution in [3.05, 3.63) is 29.3 Å². The first kappa shape index (κ1) is 14.0. The Morgan fingerprint density at radius 3 is 3.25 bits per heavy atom. The Hall–Kier alpha value is -1.00. The smallest absolute Gasteiger partial charge is 0.134 e. The van der Waals surface area contributed by atoms with Crippen molar-refractivity contribution < 1.29 is 9.53 Å². The van der Waals surface area contributed by atoms with Crippen LogP contribution in [0.5, 0.6) is 5.75 Å². The summed E-state index contributed by atoms with van der Waals surface area (Å²) in [7, 11) is 0. The average Bonchev–Trinajstić information content (AvgIpc) is 2.93. The maximum Gasteiger partial charge on any atom is 0.134 e. The number of nitrogens with one attached hydrogen (secondary N) is 1. The number of Topliss-reactive ketones (excluding diaryl/α,β-unsaturated/α-hetero) is 1. The predicted molar refractivity (Wildman–Crippen MR) is 82.7 cm³/mol. The van der Waals surface area contributed by atoms with Crippen LogP contribution in [0.3, 0.4) is 0 Å². The van der Waals surface area contributed by atoms with Crippen LogP contribution in [0.4, 0.5) is 0 Å². The van der Waals surface area contributed by atoms with Crippen LogP contribution in [-0.4, -0.2) is 36.5 Å². The molecule has 1 saturated heterocycles. The predicted octanol–water partition coefficient (Wildman–Crippen LogP) is 2.22. The zero-order valence-corrected chi connectivity index (χ0v) is 12.5. The van der Waals surface area contributed by atoms with Crippen molar-refractivity contribution in [2.24, 2.45) is 0 Å². The minimum Gasteiger partial charge on any atom is -0.493 e. The zero-order chi connectivity index (χ0) is 13.8. The van der Waals surface area contributed by atoms with Crippen LogP contribution in [0.15, 0.2) is 18.2 Å². The summed E-state index contributed by atoms with van der Waals surface area (Å²) in [5, 5.41) is 3.42. The van der Waals surface area contributed by atoms with Gasteiger partial charge >= 0.3 is 0 Å². The van der Waals surface area contributed by atoms with Gasteiger partial charge in [-0.25, -0.2) is 0 Å². The van der Waals surface area contributed by atoms with Crippen LogP contribution < -0.4 is 10.1 Å². The first-order chi connectivity index (χ1) is 9.81. The molecule has 4 heteroatoms. The van der Waals surface area contributed by atoms with Gasteiger partial charge in [0.05, 0.1) is 6.61 Å². The molecular weight excluding hydrogens is 270 g/mol. The SMILES string of the molecule is O=C(CCc1ccc2c(c1)CCO2)CC1CSCCN1. The topological polar surface area (TPSA) is 38.3 Å². The van der Waals surface area contributed by atoms with Crippen molar-refractivity contribution in [1.29, 1.82) is 0 Å². The second-order valence-electron chi connectivity index (χ2n) is 5.51. The molecule has 2 aliphatic heterocycles. The second-order valence-corrected chi connectivity index (χ2v) is 6.66. The first-order valence-electron chi connectivity index (χ1n) is 7.39. The molecule has 1 fully saturated rings. The highest BCUT2D eigenvalue weighted by Crippen LogP contribution is 2.26. The lowest BCUT2D eigenvalue weighted by molar-refractivity contribution is -0.119. The number of fused-ring (bicyclic) bond motifs is 1. The van der Waals surface area contributed by atoms with Crippen molar-refractivity contribution in [3.63, 3.8) is 0 Å². The monoisotopic (exact) mass is 291 g/mol. The van der Waals surface area contributed by atoms with Gasteiger partial charge in [0.25, 0.3) is 0 Å². The fraction of sp³-hybridized carbons (Fsp3) is 0.562. The Morgan fingerprint density at radius 1 is 1.45 bits per heavy atom. The van der Waals surface area contributed by atoms with E-state index in [1.807, 2.05) is 17.8 Å². The van der Waals surface area contributed by atoms with Gasteiger partial charge in [-0.1, -0.05) is 12.1 Å².